The molecule has 0 spiro atoms. The molecule has 0 bridgehead atoms. The molecule has 0 saturated heterocycles. The smallest absolute Gasteiger partial charge is 0.251 e. The zero-order chi connectivity index (χ0) is 13.4. The Kier molecular flexibility index (Phi) is 5.46. The highest BCUT2D eigenvalue weighted by molar-refractivity contribution is 5.94. The molecule has 0 heterocycles. The van der Waals surface area contributed by atoms with Crippen LogP contribution in [0.4, 0.5) is 0 Å². The van der Waals surface area contributed by atoms with Crippen LogP contribution in [0.5, 0.6) is 0 Å². The predicted octanol–water partition coefficient (Wildman–Crippen LogP) is 0.864. The van der Waals surface area contributed by atoms with Crippen molar-refractivity contribution in [3.8, 4) is 12.3 Å². The predicted molar refractivity (Wildman–Crippen MR) is 70.0 cm³/mol. The molecule has 0 radical (unpaired) electrons. The van der Waals surface area contributed by atoms with E-state index in [1.54, 1.807) is 12.1 Å². The second-order valence-electron chi connectivity index (χ2n) is 3.86. The molecule has 1 rings (SSSR count). The van der Waals surface area contributed by atoms with Crippen LogP contribution in [0, 0.1) is 19.3 Å². The minimum Gasteiger partial charge on any atom is -0.352 e. The molecule has 0 saturated carbocycles. The Balaban J connectivity index is 2.34. The third-order valence-electron chi connectivity index (χ3n) is 2.31. The standard InChI is InChI=1S/C14H16N2O2/c1-3-8-15-13(17)7-9-16-14(18)12-6-4-5-11(2)10-12/h1,4-6,10H,7-9H2,2H3,(H,15,17)(H,16,18). The van der Waals surface area contributed by atoms with Crippen LogP contribution in [0.15, 0.2) is 24.3 Å². The van der Waals surface area contributed by atoms with Crippen molar-refractivity contribution in [3.63, 3.8) is 0 Å². The highest BCUT2D eigenvalue weighted by Gasteiger charge is 2.06. The monoisotopic (exact) mass is 244 g/mol. The van der Waals surface area contributed by atoms with Crippen LogP contribution >= 0.6 is 0 Å². The van der Waals surface area contributed by atoms with Gasteiger partial charge in [0.15, 0.2) is 0 Å². The number of carbonyl (C=O) groups excluding carboxylic acids is 2. The Morgan fingerprint density at radius 3 is 2.78 bits per heavy atom. The molecule has 0 fully saturated rings. The summed E-state index contributed by atoms with van der Waals surface area (Å²) in [4.78, 5) is 22.9. The number of amides is 2. The summed E-state index contributed by atoms with van der Waals surface area (Å²) in [5.74, 6) is 1.96. The highest BCUT2D eigenvalue weighted by Crippen LogP contribution is 2.03. The van der Waals surface area contributed by atoms with Gasteiger partial charge in [-0.2, -0.15) is 0 Å². The summed E-state index contributed by atoms with van der Waals surface area (Å²) < 4.78 is 0. The number of hydrogen-bond acceptors (Lipinski definition) is 2. The van der Waals surface area contributed by atoms with Crippen molar-refractivity contribution in [2.75, 3.05) is 13.1 Å². The average Bonchev–Trinajstić information content (AvgIpc) is 2.36. The Hall–Kier alpha value is -2.28. The van der Waals surface area contributed by atoms with E-state index < -0.39 is 0 Å². The summed E-state index contributed by atoms with van der Waals surface area (Å²) in [7, 11) is 0. The molecular formula is C14H16N2O2. The Bertz CT molecular complexity index is 475. The number of carbonyl (C=O) groups is 2. The van der Waals surface area contributed by atoms with E-state index in [9.17, 15) is 9.59 Å². The number of hydrogen-bond donors (Lipinski definition) is 2. The van der Waals surface area contributed by atoms with Gasteiger partial charge in [0.05, 0.1) is 6.54 Å². The molecule has 0 aromatic heterocycles. The van der Waals surface area contributed by atoms with Crippen LogP contribution in [0.3, 0.4) is 0 Å². The van der Waals surface area contributed by atoms with Gasteiger partial charge in [-0.15, -0.1) is 6.42 Å². The van der Waals surface area contributed by atoms with Gasteiger partial charge < -0.3 is 10.6 Å². The van der Waals surface area contributed by atoms with Gasteiger partial charge >= 0.3 is 0 Å². The second kappa shape index (κ2) is 7.13. The molecule has 18 heavy (non-hydrogen) atoms. The van der Waals surface area contributed by atoms with Crippen molar-refractivity contribution in [1.29, 1.82) is 0 Å². The minimum absolute atomic E-state index is 0.169. The molecule has 2 N–H and O–H groups in total. The van der Waals surface area contributed by atoms with Gasteiger partial charge in [0.1, 0.15) is 0 Å². The normalized spacial score (nSPS) is 9.33. The maximum absolute atomic E-state index is 11.7. The van der Waals surface area contributed by atoms with Crippen molar-refractivity contribution in [2.45, 2.75) is 13.3 Å². The van der Waals surface area contributed by atoms with E-state index in [2.05, 4.69) is 16.6 Å². The fraction of sp³-hybridized carbons (Fsp3) is 0.286. The molecule has 2 amide bonds. The van der Waals surface area contributed by atoms with Crippen LogP contribution < -0.4 is 10.6 Å². The maximum atomic E-state index is 11.7. The molecular weight excluding hydrogens is 228 g/mol. The van der Waals surface area contributed by atoms with Gasteiger partial charge in [-0.25, -0.2) is 0 Å². The number of terminal acetylenes is 1. The molecule has 94 valence electrons. The van der Waals surface area contributed by atoms with E-state index in [0.717, 1.165) is 5.56 Å². The topological polar surface area (TPSA) is 58.2 Å². The van der Waals surface area contributed by atoms with E-state index in [1.807, 2.05) is 19.1 Å². The van der Waals surface area contributed by atoms with Gasteiger partial charge in [-0.3, -0.25) is 9.59 Å². The summed E-state index contributed by atoms with van der Waals surface area (Å²) in [6, 6.07) is 7.28. The van der Waals surface area contributed by atoms with E-state index >= 15 is 0 Å². The van der Waals surface area contributed by atoms with Crippen molar-refractivity contribution >= 4 is 11.8 Å². The minimum atomic E-state index is -0.177. The van der Waals surface area contributed by atoms with Crippen LogP contribution in [-0.2, 0) is 4.79 Å². The lowest BCUT2D eigenvalue weighted by molar-refractivity contribution is -0.120. The van der Waals surface area contributed by atoms with Gasteiger partial charge in [0.25, 0.3) is 5.91 Å². The van der Waals surface area contributed by atoms with Crippen molar-refractivity contribution in [3.05, 3.63) is 35.4 Å². The fourth-order valence-corrected chi connectivity index (χ4v) is 1.42. The molecule has 4 heteroatoms. The van der Waals surface area contributed by atoms with Crippen molar-refractivity contribution in [1.82, 2.24) is 10.6 Å². The molecule has 1 aromatic rings. The lowest BCUT2D eigenvalue weighted by atomic mass is 10.1. The summed E-state index contributed by atoms with van der Waals surface area (Å²) in [5, 5.41) is 5.21. The SMILES string of the molecule is C#CCNC(=O)CCNC(=O)c1cccc(C)c1. The number of aryl methyl sites for hydroxylation is 1. The zero-order valence-electron chi connectivity index (χ0n) is 10.3. The molecule has 0 aliphatic rings. The van der Waals surface area contributed by atoms with Crippen LogP contribution in [0.25, 0.3) is 0 Å². The second-order valence-corrected chi connectivity index (χ2v) is 3.86. The van der Waals surface area contributed by atoms with Gasteiger partial charge in [-0.1, -0.05) is 23.6 Å². The lowest BCUT2D eigenvalue weighted by Gasteiger charge is -2.05. The molecule has 0 aliphatic heterocycles. The molecule has 0 atom stereocenters. The van der Waals surface area contributed by atoms with E-state index in [1.165, 1.54) is 0 Å². The largest absolute Gasteiger partial charge is 0.352 e. The van der Waals surface area contributed by atoms with Gasteiger partial charge in [0, 0.05) is 18.5 Å². The lowest BCUT2D eigenvalue weighted by Crippen LogP contribution is -2.30. The van der Waals surface area contributed by atoms with Crippen LogP contribution in [0.1, 0.15) is 22.3 Å². The molecule has 0 aliphatic carbocycles. The molecule has 0 unspecified atom stereocenters. The maximum Gasteiger partial charge on any atom is 0.251 e. The summed E-state index contributed by atoms with van der Waals surface area (Å²) in [6.45, 7) is 2.43. The summed E-state index contributed by atoms with van der Waals surface area (Å²) in [6.07, 6.45) is 5.23. The fourth-order valence-electron chi connectivity index (χ4n) is 1.42. The third kappa shape index (κ3) is 4.71. The summed E-state index contributed by atoms with van der Waals surface area (Å²) in [5.41, 5.74) is 1.62. The highest BCUT2D eigenvalue weighted by atomic mass is 16.2. The first kappa shape index (κ1) is 13.8. The van der Waals surface area contributed by atoms with Gasteiger partial charge in [0.2, 0.25) is 5.91 Å². The first-order chi connectivity index (χ1) is 8.63. The number of benzene rings is 1. The van der Waals surface area contributed by atoms with Crippen molar-refractivity contribution in [2.24, 2.45) is 0 Å². The van der Waals surface area contributed by atoms with Crippen LogP contribution in [-0.4, -0.2) is 24.9 Å². The third-order valence-corrected chi connectivity index (χ3v) is 2.31. The van der Waals surface area contributed by atoms with Gasteiger partial charge in [-0.05, 0) is 19.1 Å². The first-order valence-electron chi connectivity index (χ1n) is 5.68. The quantitative estimate of drug-likeness (QED) is 0.755. The summed E-state index contributed by atoms with van der Waals surface area (Å²) >= 11 is 0. The Labute approximate surface area is 107 Å². The zero-order valence-corrected chi connectivity index (χ0v) is 10.3. The number of nitrogens with one attached hydrogen (secondary N) is 2. The Morgan fingerprint density at radius 2 is 2.11 bits per heavy atom. The van der Waals surface area contributed by atoms with E-state index in [0.29, 0.717) is 12.1 Å². The molecule has 1 aromatic carbocycles. The van der Waals surface area contributed by atoms with Crippen molar-refractivity contribution < 1.29 is 9.59 Å². The first-order valence-corrected chi connectivity index (χ1v) is 5.68. The van der Waals surface area contributed by atoms with E-state index in [4.69, 9.17) is 6.42 Å². The van der Waals surface area contributed by atoms with Crippen LogP contribution in [0.2, 0.25) is 0 Å². The van der Waals surface area contributed by atoms with E-state index in [-0.39, 0.29) is 24.8 Å². The Morgan fingerprint density at radius 1 is 1.33 bits per heavy atom. The molecule has 4 nitrogen and oxygen atoms in total. The average molecular weight is 244 g/mol. The number of rotatable bonds is 5.